The van der Waals surface area contributed by atoms with Gasteiger partial charge < -0.3 is 0 Å². The van der Waals surface area contributed by atoms with E-state index in [4.69, 9.17) is 0 Å². The van der Waals surface area contributed by atoms with Gasteiger partial charge in [0, 0.05) is 0 Å². The van der Waals surface area contributed by atoms with E-state index in [2.05, 4.69) is 194 Å². The van der Waals surface area contributed by atoms with Crippen LogP contribution in [-0.4, -0.2) is 0 Å². The summed E-state index contributed by atoms with van der Waals surface area (Å²) in [6, 6.07) is 71.3. The minimum atomic E-state index is 1.23. The molecular formula is C50H32. The Morgan fingerprint density at radius 2 is 0.600 bits per heavy atom. The predicted octanol–water partition coefficient (Wildman–Crippen LogP) is 14.1. The van der Waals surface area contributed by atoms with Crippen molar-refractivity contribution in [2.45, 2.75) is 0 Å². The Labute approximate surface area is 291 Å². The largest absolute Gasteiger partial charge is 0.0622 e. The van der Waals surface area contributed by atoms with Gasteiger partial charge in [0.25, 0.3) is 0 Å². The lowest BCUT2D eigenvalue weighted by Crippen LogP contribution is -1.91. The molecule has 0 aliphatic carbocycles. The molecule has 0 heterocycles. The SMILES string of the molecule is c1ccc(-c2ccccc2-c2ccc3cc(-c4c5ccccc5c(-c5ccc6ccc7ccccc7c6c5)c5ccccc45)ccc3c2)cc1. The summed E-state index contributed by atoms with van der Waals surface area (Å²) in [5.74, 6) is 0. The molecule has 0 bridgehead atoms. The Morgan fingerprint density at radius 1 is 0.200 bits per heavy atom. The maximum absolute atomic E-state index is 2.40. The number of fused-ring (bicyclic) bond motifs is 6. The molecular weight excluding hydrogens is 601 g/mol. The molecule has 0 saturated carbocycles. The molecule has 0 nitrogen and oxygen atoms in total. The molecule has 0 fully saturated rings. The zero-order valence-corrected chi connectivity index (χ0v) is 27.5. The average molecular weight is 633 g/mol. The van der Waals surface area contributed by atoms with E-state index in [1.54, 1.807) is 0 Å². The van der Waals surface area contributed by atoms with Gasteiger partial charge in [-0.15, -0.1) is 0 Å². The Hall–Kier alpha value is -6.50. The van der Waals surface area contributed by atoms with E-state index < -0.39 is 0 Å². The second-order valence-electron chi connectivity index (χ2n) is 13.3. The first-order valence-electron chi connectivity index (χ1n) is 17.3. The van der Waals surface area contributed by atoms with Crippen LogP contribution in [0.15, 0.2) is 194 Å². The standard InChI is InChI=1S/C50H32/c1-2-12-33(13-3-1)41-15-6-7-17-43(41)38-27-25-37-31-39(29-26-36(37)30-38)49-44-18-8-10-20-46(44)50(47-21-11-9-19-45(47)49)40-28-24-35-23-22-34-14-4-5-16-42(34)48(35)32-40/h1-32H. The molecule has 0 atom stereocenters. The monoisotopic (exact) mass is 632 g/mol. The molecule has 0 spiro atoms. The third kappa shape index (κ3) is 4.61. The quantitative estimate of drug-likeness (QED) is 0.134. The molecule has 10 rings (SSSR count). The zero-order valence-electron chi connectivity index (χ0n) is 27.5. The van der Waals surface area contributed by atoms with Crippen LogP contribution in [0, 0.1) is 0 Å². The lowest BCUT2D eigenvalue weighted by atomic mass is 9.85. The van der Waals surface area contributed by atoms with Gasteiger partial charge in [0.05, 0.1) is 0 Å². The van der Waals surface area contributed by atoms with E-state index in [1.807, 2.05) is 0 Å². The summed E-state index contributed by atoms with van der Waals surface area (Å²) < 4.78 is 0. The highest BCUT2D eigenvalue weighted by atomic mass is 14.2. The van der Waals surface area contributed by atoms with Crippen LogP contribution in [0.25, 0.3) is 98.4 Å². The molecule has 0 unspecified atom stereocenters. The highest BCUT2D eigenvalue weighted by Gasteiger charge is 2.17. The van der Waals surface area contributed by atoms with Crippen LogP contribution >= 0.6 is 0 Å². The Morgan fingerprint density at radius 3 is 1.22 bits per heavy atom. The van der Waals surface area contributed by atoms with Gasteiger partial charge in [0.2, 0.25) is 0 Å². The summed E-state index contributed by atoms with van der Waals surface area (Å²) in [6.07, 6.45) is 0. The van der Waals surface area contributed by atoms with E-state index in [9.17, 15) is 0 Å². The molecule has 0 heteroatoms. The Bertz CT molecular complexity index is 2860. The molecule has 0 aromatic heterocycles. The van der Waals surface area contributed by atoms with Crippen LogP contribution < -0.4 is 0 Å². The van der Waals surface area contributed by atoms with Crippen molar-refractivity contribution in [3.63, 3.8) is 0 Å². The maximum Gasteiger partial charge on any atom is -0.00261 e. The van der Waals surface area contributed by atoms with E-state index in [0.29, 0.717) is 0 Å². The predicted molar refractivity (Wildman–Crippen MR) is 216 cm³/mol. The van der Waals surface area contributed by atoms with Crippen molar-refractivity contribution >= 4 is 53.9 Å². The van der Waals surface area contributed by atoms with Crippen molar-refractivity contribution in [1.82, 2.24) is 0 Å². The van der Waals surface area contributed by atoms with Crippen LogP contribution in [0.4, 0.5) is 0 Å². The number of hydrogen-bond acceptors (Lipinski definition) is 0. The minimum absolute atomic E-state index is 1.23. The van der Waals surface area contributed by atoms with Gasteiger partial charge in [-0.05, 0) is 117 Å². The fraction of sp³-hybridized carbons (Fsp3) is 0. The molecule has 50 heavy (non-hydrogen) atoms. The van der Waals surface area contributed by atoms with Gasteiger partial charge in [0.1, 0.15) is 0 Å². The average Bonchev–Trinajstić information content (AvgIpc) is 3.19. The molecule has 232 valence electrons. The van der Waals surface area contributed by atoms with Crippen molar-refractivity contribution < 1.29 is 0 Å². The number of benzene rings is 10. The van der Waals surface area contributed by atoms with Crippen LogP contribution in [0.1, 0.15) is 0 Å². The smallest absolute Gasteiger partial charge is 0.00261 e. The van der Waals surface area contributed by atoms with Crippen LogP contribution in [-0.2, 0) is 0 Å². The van der Waals surface area contributed by atoms with E-state index in [1.165, 1.54) is 98.4 Å². The summed E-state index contributed by atoms with van der Waals surface area (Å²) in [4.78, 5) is 0. The molecule has 10 aromatic carbocycles. The van der Waals surface area contributed by atoms with Crippen LogP contribution in [0.5, 0.6) is 0 Å². The van der Waals surface area contributed by atoms with Crippen LogP contribution in [0.2, 0.25) is 0 Å². The normalized spacial score (nSPS) is 11.6. The molecule has 0 radical (unpaired) electrons. The second kappa shape index (κ2) is 11.6. The summed E-state index contributed by atoms with van der Waals surface area (Å²) in [7, 11) is 0. The van der Waals surface area contributed by atoms with Crippen molar-refractivity contribution in [1.29, 1.82) is 0 Å². The lowest BCUT2D eigenvalue weighted by Gasteiger charge is -2.18. The van der Waals surface area contributed by atoms with Gasteiger partial charge in [-0.3, -0.25) is 0 Å². The molecule has 0 amide bonds. The van der Waals surface area contributed by atoms with E-state index >= 15 is 0 Å². The van der Waals surface area contributed by atoms with Gasteiger partial charge in [0.15, 0.2) is 0 Å². The molecule has 0 aliphatic rings. The third-order valence-electron chi connectivity index (χ3n) is 10.4. The fourth-order valence-electron chi connectivity index (χ4n) is 8.08. The van der Waals surface area contributed by atoms with Crippen molar-refractivity contribution in [3.05, 3.63) is 194 Å². The topological polar surface area (TPSA) is 0 Å². The van der Waals surface area contributed by atoms with Crippen LogP contribution in [0.3, 0.4) is 0 Å². The van der Waals surface area contributed by atoms with Gasteiger partial charge in [-0.25, -0.2) is 0 Å². The van der Waals surface area contributed by atoms with Crippen molar-refractivity contribution in [3.8, 4) is 44.5 Å². The second-order valence-corrected chi connectivity index (χ2v) is 13.3. The summed E-state index contributed by atoms with van der Waals surface area (Å²) in [5, 5.41) is 12.7. The number of hydrogen-bond donors (Lipinski definition) is 0. The van der Waals surface area contributed by atoms with Gasteiger partial charge in [-0.2, -0.15) is 0 Å². The Balaban J connectivity index is 1.15. The van der Waals surface area contributed by atoms with Crippen molar-refractivity contribution in [2.24, 2.45) is 0 Å². The van der Waals surface area contributed by atoms with Crippen molar-refractivity contribution in [2.75, 3.05) is 0 Å². The van der Waals surface area contributed by atoms with E-state index in [-0.39, 0.29) is 0 Å². The van der Waals surface area contributed by atoms with Gasteiger partial charge in [-0.1, -0.05) is 176 Å². The first-order valence-corrected chi connectivity index (χ1v) is 17.3. The lowest BCUT2D eigenvalue weighted by molar-refractivity contribution is 1.59. The minimum Gasteiger partial charge on any atom is -0.0622 e. The highest BCUT2D eigenvalue weighted by Crippen LogP contribution is 2.45. The summed E-state index contributed by atoms with van der Waals surface area (Å²) in [5.41, 5.74) is 10.0. The number of rotatable bonds is 4. The van der Waals surface area contributed by atoms with Gasteiger partial charge >= 0.3 is 0 Å². The zero-order chi connectivity index (χ0) is 33.0. The molecule has 0 saturated heterocycles. The fourth-order valence-corrected chi connectivity index (χ4v) is 8.08. The molecule has 0 N–H and O–H groups in total. The Kier molecular flexibility index (Phi) is 6.60. The molecule has 0 aliphatic heterocycles. The first-order chi connectivity index (χ1) is 24.8. The third-order valence-corrected chi connectivity index (χ3v) is 10.4. The maximum atomic E-state index is 2.40. The molecule has 10 aromatic rings. The summed E-state index contributed by atoms with van der Waals surface area (Å²) in [6.45, 7) is 0. The summed E-state index contributed by atoms with van der Waals surface area (Å²) >= 11 is 0. The van der Waals surface area contributed by atoms with E-state index in [0.717, 1.165) is 0 Å². The first kappa shape index (κ1) is 28.5. The highest BCUT2D eigenvalue weighted by molar-refractivity contribution is 6.22.